The summed E-state index contributed by atoms with van der Waals surface area (Å²) < 4.78 is 19.4. The van der Waals surface area contributed by atoms with Crippen molar-refractivity contribution in [3.63, 3.8) is 0 Å². The third-order valence-electron chi connectivity index (χ3n) is 13.6. The Morgan fingerprint density at radius 1 is 0.821 bits per heavy atom. The second kappa shape index (κ2) is 19.9. The number of carbonyl (C=O) groups is 1. The summed E-state index contributed by atoms with van der Waals surface area (Å²) in [4.78, 5) is 35.7. The summed E-state index contributed by atoms with van der Waals surface area (Å²) in [6.45, 7) is 9.21. The van der Waals surface area contributed by atoms with Gasteiger partial charge in [0.25, 0.3) is 0 Å². The molecule has 2 saturated heterocycles. The van der Waals surface area contributed by atoms with E-state index in [0.29, 0.717) is 13.1 Å². The minimum Gasteiger partial charge on any atom is -0.465 e. The van der Waals surface area contributed by atoms with Gasteiger partial charge < -0.3 is 49.0 Å². The van der Waals surface area contributed by atoms with E-state index in [1.165, 1.54) is 14.2 Å². The number of hydrogen-bond acceptors (Lipinski definition) is 13. The average Bonchev–Trinajstić information content (AvgIpc) is 4.20. The Morgan fingerprint density at radius 3 is 2.19 bits per heavy atom. The van der Waals surface area contributed by atoms with Crippen LogP contribution >= 0.6 is 11.8 Å². The predicted octanol–water partition coefficient (Wildman–Crippen LogP) is 6.94. The topological polar surface area (TPSA) is 198 Å². The van der Waals surface area contributed by atoms with Gasteiger partial charge in [0.15, 0.2) is 0 Å². The molecule has 1 amide bonds. The Hall–Kier alpha value is -5.08. The standard InChI is InChI=1S/C50H63N9O7S/c1-27(2)42(55-49(62)64-5)46(60)57-19-9-13-38(57)44-51-25-35(53-44)29-16-18-37-32(21-29)23-40-34-17-15-30(24-41(34)66-48(59(37)40)31-11-8-12-33(22-31)67-7)36-26-52-45(54-36)39-14-10-20-58(39)47(61)43(28(3)4)56-50(63)65-6/h8,11-12,15-18,21-28,38-39,42-43,46,48-50,55-56,60,62-63H,9-10,13-14,19-20H2,1-7H3,(H,51,53)(H,52,54). The average molecular weight is 934 g/mol. The smallest absolute Gasteiger partial charge is 0.240 e. The normalized spacial score (nSPS) is 20.8. The number of methoxy groups -OCH3 is 2. The van der Waals surface area contributed by atoms with Crippen LogP contribution in [0.15, 0.2) is 84.0 Å². The first-order chi connectivity index (χ1) is 32.4. The molecule has 67 heavy (non-hydrogen) atoms. The van der Waals surface area contributed by atoms with Gasteiger partial charge in [-0.1, -0.05) is 52.0 Å². The number of aromatic nitrogens is 5. The molecule has 0 bridgehead atoms. The molecular formula is C50H63N9O7S. The number of nitrogens with one attached hydrogen (secondary N) is 4. The first-order valence-electron chi connectivity index (χ1n) is 23.3. The summed E-state index contributed by atoms with van der Waals surface area (Å²) in [6.07, 6.45) is 5.41. The molecule has 0 radical (unpaired) electrons. The fourth-order valence-corrected chi connectivity index (χ4v) is 10.5. The van der Waals surface area contributed by atoms with Crippen LogP contribution in [0, 0.1) is 11.8 Å². The molecule has 3 aromatic carbocycles. The highest BCUT2D eigenvalue weighted by Crippen LogP contribution is 2.47. The van der Waals surface area contributed by atoms with Gasteiger partial charge in [0.05, 0.1) is 59.2 Å². The summed E-state index contributed by atoms with van der Waals surface area (Å²) in [5.41, 5.74) is 7.66. The van der Waals surface area contributed by atoms with Crippen LogP contribution in [0.3, 0.4) is 0 Å². The molecule has 3 aromatic heterocycles. The van der Waals surface area contributed by atoms with Gasteiger partial charge in [0, 0.05) is 59.8 Å². The molecule has 3 aliphatic heterocycles. The molecule has 356 valence electrons. The summed E-state index contributed by atoms with van der Waals surface area (Å²) in [7, 11) is 2.82. The number of aliphatic hydroxyl groups is 3. The summed E-state index contributed by atoms with van der Waals surface area (Å²) in [6, 6.07) is 22.0. The van der Waals surface area contributed by atoms with E-state index in [9.17, 15) is 20.1 Å². The number of nitrogens with zero attached hydrogens (tertiary/aromatic N) is 5. The van der Waals surface area contributed by atoms with Crippen molar-refractivity contribution in [2.24, 2.45) is 11.8 Å². The quantitative estimate of drug-likeness (QED) is 0.0367. The SMILES string of the molecule is COC(O)NC(C(=O)N1CCCC1c1ncc(-c2ccc3c(c2)OC(c2cccc(SC)c2)n2c-3cc3cc(-c4cnc(C5CCCN5C(O)C(NC(O)OC)C(C)C)[nH]4)ccc32)[nH]1)C(C)C. The van der Waals surface area contributed by atoms with Gasteiger partial charge in [-0.15, -0.1) is 11.8 Å². The minimum atomic E-state index is -1.25. The highest BCUT2D eigenvalue weighted by molar-refractivity contribution is 7.98. The van der Waals surface area contributed by atoms with Gasteiger partial charge in [0.2, 0.25) is 25.0 Å². The summed E-state index contributed by atoms with van der Waals surface area (Å²) in [5, 5.41) is 38.9. The number of likely N-dealkylation sites (tertiary alicyclic amines) is 2. The third-order valence-corrected chi connectivity index (χ3v) is 14.4. The van der Waals surface area contributed by atoms with E-state index in [4.69, 9.17) is 24.2 Å². The molecule has 16 nitrogen and oxygen atoms in total. The predicted molar refractivity (Wildman–Crippen MR) is 257 cm³/mol. The number of aromatic amines is 2. The van der Waals surface area contributed by atoms with E-state index in [1.54, 1.807) is 11.8 Å². The number of hydrogen-bond donors (Lipinski definition) is 7. The number of fused-ring (bicyclic) bond motifs is 5. The monoisotopic (exact) mass is 933 g/mol. The van der Waals surface area contributed by atoms with Crippen LogP contribution in [-0.2, 0) is 14.3 Å². The molecule has 6 heterocycles. The van der Waals surface area contributed by atoms with Crippen LogP contribution in [0.1, 0.15) is 88.9 Å². The molecule has 9 rings (SSSR count). The Kier molecular flexibility index (Phi) is 13.9. The Morgan fingerprint density at radius 2 is 1.49 bits per heavy atom. The van der Waals surface area contributed by atoms with Crippen molar-refractivity contribution in [2.45, 2.75) is 108 Å². The molecule has 3 aliphatic rings. The fourth-order valence-electron chi connectivity index (χ4n) is 10.1. The molecule has 0 spiro atoms. The molecule has 8 unspecified atom stereocenters. The number of H-pyrrole nitrogens is 2. The lowest BCUT2D eigenvalue weighted by Crippen LogP contribution is -2.55. The molecule has 0 aliphatic carbocycles. The maximum atomic E-state index is 13.9. The second-order valence-corrected chi connectivity index (χ2v) is 19.4. The number of carbonyl (C=O) groups excluding carboxylic acids is 1. The fraction of sp³-hybridized carbons (Fsp3) is 0.460. The first kappa shape index (κ1) is 47.0. The zero-order valence-electron chi connectivity index (χ0n) is 39.1. The van der Waals surface area contributed by atoms with Crippen molar-refractivity contribution in [3.05, 3.63) is 96.3 Å². The number of ether oxygens (including phenoxy) is 3. The van der Waals surface area contributed by atoms with Crippen molar-refractivity contribution in [2.75, 3.05) is 33.6 Å². The van der Waals surface area contributed by atoms with Crippen LogP contribution in [-0.4, -0.2) is 120 Å². The Bertz CT molecular complexity index is 2680. The highest BCUT2D eigenvalue weighted by Gasteiger charge is 2.40. The second-order valence-electron chi connectivity index (χ2n) is 18.5. The molecule has 17 heteroatoms. The van der Waals surface area contributed by atoms with Crippen molar-refractivity contribution < 1.29 is 34.3 Å². The van der Waals surface area contributed by atoms with Gasteiger partial charge in [-0.05, 0) is 86.2 Å². The highest BCUT2D eigenvalue weighted by atomic mass is 32.2. The lowest BCUT2D eigenvalue weighted by atomic mass is 10.0. The molecule has 6 aromatic rings. The zero-order chi connectivity index (χ0) is 47.1. The van der Waals surface area contributed by atoms with Gasteiger partial charge in [-0.2, -0.15) is 0 Å². The Labute approximate surface area is 395 Å². The van der Waals surface area contributed by atoms with Gasteiger partial charge in [-0.25, -0.2) is 9.97 Å². The van der Waals surface area contributed by atoms with Gasteiger partial charge in [0.1, 0.15) is 23.6 Å². The van der Waals surface area contributed by atoms with Crippen molar-refractivity contribution >= 4 is 28.6 Å². The van der Waals surface area contributed by atoms with Crippen molar-refractivity contribution in [1.82, 2.24) is 44.9 Å². The van der Waals surface area contributed by atoms with E-state index in [2.05, 4.69) is 103 Å². The number of aliphatic hydroxyl groups excluding tert-OH is 3. The molecule has 8 atom stereocenters. The van der Waals surface area contributed by atoms with Crippen molar-refractivity contribution in [1.29, 1.82) is 0 Å². The van der Waals surface area contributed by atoms with E-state index in [1.807, 2.05) is 45.0 Å². The van der Waals surface area contributed by atoms with Crippen LogP contribution in [0.4, 0.5) is 0 Å². The van der Waals surface area contributed by atoms with E-state index in [0.717, 1.165) is 98.2 Å². The van der Waals surface area contributed by atoms with E-state index in [-0.39, 0.29) is 29.8 Å². The minimum absolute atomic E-state index is 0.0323. The number of imidazole rings is 2. The molecule has 0 saturated carbocycles. The van der Waals surface area contributed by atoms with E-state index < -0.39 is 37.4 Å². The third kappa shape index (κ3) is 9.29. The summed E-state index contributed by atoms with van der Waals surface area (Å²) >= 11 is 1.69. The number of rotatable bonds is 17. The molecule has 2 fully saturated rings. The first-order valence-corrected chi connectivity index (χ1v) is 24.5. The van der Waals surface area contributed by atoms with Crippen LogP contribution < -0.4 is 15.4 Å². The van der Waals surface area contributed by atoms with Gasteiger partial charge >= 0.3 is 0 Å². The lowest BCUT2D eigenvalue weighted by Gasteiger charge is -2.37. The maximum Gasteiger partial charge on any atom is 0.240 e. The lowest BCUT2D eigenvalue weighted by molar-refractivity contribution is -0.145. The number of benzene rings is 3. The van der Waals surface area contributed by atoms with Crippen LogP contribution in [0.25, 0.3) is 44.7 Å². The van der Waals surface area contributed by atoms with E-state index >= 15 is 0 Å². The van der Waals surface area contributed by atoms with Crippen LogP contribution in [0.2, 0.25) is 0 Å². The zero-order valence-corrected chi connectivity index (χ0v) is 40.0. The largest absolute Gasteiger partial charge is 0.465 e. The number of thioether (sulfide) groups is 1. The molecule has 7 N–H and O–H groups in total. The molecular weight excluding hydrogens is 871 g/mol. The van der Waals surface area contributed by atoms with Crippen molar-refractivity contribution in [3.8, 4) is 39.5 Å². The van der Waals surface area contributed by atoms with Gasteiger partial charge in [-0.3, -0.25) is 20.3 Å². The maximum absolute atomic E-state index is 13.9. The van der Waals surface area contributed by atoms with Crippen LogP contribution in [0.5, 0.6) is 5.75 Å². The number of amides is 1. The Balaban J connectivity index is 1.02. The summed E-state index contributed by atoms with van der Waals surface area (Å²) in [5.74, 6) is 2.12.